The van der Waals surface area contributed by atoms with Crippen LogP contribution in [-0.2, 0) is 14.3 Å². The van der Waals surface area contributed by atoms with E-state index in [-0.39, 0.29) is 27.7 Å². The molecule has 14 heteroatoms. The van der Waals surface area contributed by atoms with E-state index < -0.39 is 51.0 Å². The van der Waals surface area contributed by atoms with Crippen LogP contribution >= 0.6 is 11.8 Å². The predicted octanol–water partition coefficient (Wildman–Crippen LogP) is 4.29. The standard InChI is InChI=1S/C22H19N3O10S/c1-12(2)34-19(26)11-23-21(27)18(36-22(23)28)9-13-5-4-6-17(33-3)20(13)35-16-8-7-14(24(29)30)10-15(16)25(31)32/h4-10,12H,11H2,1-3H3/b18-9-. The van der Waals surface area contributed by atoms with E-state index in [0.717, 1.165) is 23.1 Å². The fraction of sp³-hybridized carbons (Fsp3) is 0.227. The Hall–Kier alpha value is -4.46. The summed E-state index contributed by atoms with van der Waals surface area (Å²) in [5.41, 5.74) is -0.943. The number of methoxy groups -OCH3 is 1. The Morgan fingerprint density at radius 3 is 2.44 bits per heavy atom. The van der Waals surface area contributed by atoms with Crippen LogP contribution in [0, 0.1) is 20.2 Å². The van der Waals surface area contributed by atoms with E-state index in [1.54, 1.807) is 19.9 Å². The first kappa shape index (κ1) is 26.2. The van der Waals surface area contributed by atoms with E-state index in [1.165, 1.54) is 25.3 Å². The van der Waals surface area contributed by atoms with E-state index in [0.29, 0.717) is 11.8 Å². The number of imide groups is 1. The van der Waals surface area contributed by atoms with Gasteiger partial charge in [0.05, 0.1) is 34.0 Å². The van der Waals surface area contributed by atoms with Crippen molar-refractivity contribution in [3.63, 3.8) is 0 Å². The second kappa shape index (κ2) is 10.9. The summed E-state index contributed by atoms with van der Waals surface area (Å²) in [6.45, 7) is 2.70. The van der Waals surface area contributed by atoms with Crippen molar-refractivity contribution in [2.45, 2.75) is 20.0 Å². The first-order valence-corrected chi connectivity index (χ1v) is 11.1. The highest BCUT2D eigenvalue weighted by Crippen LogP contribution is 2.42. The summed E-state index contributed by atoms with van der Waals surface area (Å²) in [7, 11) is 1.32. The Morgan fingerprint density at radius 1 is 1.11 bits per heavy atom. The summed E-state index contributed by atoms with van der Waals surface area (Å²) >= 11 is 0.590. The molecule has 0 spiro atoms. The lowest BCUT2D eigenvalue weighted by atomic mass is 10.1. The number of carbonyl (C=O) groups is 3. The van der Waals surface area contributed by atoms with E-state index >= 15 is 0 Å². The summed E-state index contributed by atoms with van der Waals surface area (Å²) in [5.74, 6) is -1.70. The molecule has 1 aliphatic heterocycles. The Kier molecular flexibility index (Phi) is 7.89. The van der Waals surface area contributed by atoms with Crippen LogP contribution in [0.4, 0.5) is 16.2 Å². The number of non-ortho nitro benzene ring substituents is 1. The highest BCUT2D eigenvalue weighted by Gasteiger charge is 2.37. The molecular weight excluding hydrogens is 498 g/mol. The third-order valence-electron chi connectivity index (χ3n) is 4.61. The molecule has 0 saturated carbocycles. The molecular formula is C22H19N3O10S. The zero-order chi connectivity index (χ0) is 26.6. The minimum absolute atomic E-state index is 0.0337. The van der Waals surface area contributed by atoms with Crippen LogP contribution < -0.4 is 9.47 Å². The minimum Gasteiger partial charge on any atom is -0.493 e. The lowest BCUT2D eigenvalue weighted by molar-refractivity contribution is -0.394. The maximum absolute atomic E-state index is 12.8. The fourth-order valence-corrected chi connectivity index (χ4v) is 3.91. The SMILES string of the molecule is COc1cccc(/C=C2\SC(=O)N(CC(=O)OC(C)C)C2=O)c1Oc1ccc([N+](=O)[O-])cc1[N+](=O)[O-]. The van der Waals surface area contributed by atoms with Gasteiger partial charge in [0.1, 0.15) is 6.54 Å². The molecule has 188 valence electrons. The molecule has 0 aliphatic carbocycles. The molecule has 1 fully saturated rings. The van der Waals surface area contributed by atoms with E-state index in [9.17, 15) is 34.6 Å². The summed E-state index contributed by atoms with van der Waals surface area (Å²) in [4.78, 5) is 58.7. The van der Waals surface area contributed by atoms with Gasteiger partial charge in [0.15, 0.2) is 11.5 Å². The molecule has 2 aromatic carbocycles. The van der Waals surface area contributed by atoms with Crippen LogP contribution in [-0.4, -0.2) is 51.6 Å². The Morgan fingerprint density at radius 2 is 1.83 bits per heavy atom. The molecule has 0 bridgehead atoms. The largest absolute Gasteiger partial charge is 0.493 e. The van der Waals surface area contributed by atoms with Crippen molar-refractivity contribution in [2.75, 3.05) is 13.7 Å². The number of nitrogens with zero attached hydrogens (tertiary/aromatic N) is 3. The average molecular weight is 517 g/mol. The van der Waals surface area contributed by atoms with Gasteiger partial charge in [-0.1, -0.05) is 12.1 Å². The molecule has 3 rings (SSSR count). The predicted molar refractivity (Wildman–Crippen MR) is 127 cm³/mol. The first-order valence-electron chi connectivity index (χ1n) is 10.2. The van der Waals surface area contributed by atoms with Crippen molar-refractivity contribution < 1.29 is 38.4 Å². The lowest BCUT2D eigenvalue weighted by Crippen LogP contribution is -2.35. The quantitative estimate of drug-likeness (QED) is 0.201. The van der Waals surface area contributed by atoms with Crippen molar-refractivity contribution in [1.29, 1.82) is 0 Å². The second-order valence-electron chi connectivity index (χ2n) is 7.45. The topological polar surface area (TPSA) is 168 Å². The molecule has 13 nitrogen and oxygen atoms in total. The van der Waals surface area contributed by atoms with Crippen LogP contribution in [0.3, 0.4) is 0 Å². The molecule has 0 unspecified atom stereocenters. The van der Waals surface area contributed by atoms with Gasteiger partial charge in [0, 0.05) is 11.6 Å². The molecule has 2 amide bonds. The minimum atomic E-state index is -0.834. The number of rotatable bonds is 9. The van der Waals surface area contributed by atoms with Crippen molar-refractivity contribution in [2.24, 2.45) is 0 Å². The third kappa shape index (κ3) is 5.78. The monoisotopic (exact) mass is 517 g/mol. The Labute approximate surface area is 207 Å². The van der Waals surface area contributed by atoms with Gasteiger partial charge in [0.25, 0.3) is 16.8 Å². The summed E-state index contributed by atoms with van der Waals surface area (Å²) in [6, 6.07) is 7.44. The number of amides is 2. The number of nitro benzene ring substituents is 2. The summed E-state index contributed by atoms with van der Waals surface area (Å²) in [6.07, 6.45) is 0.890. The number of carbonyl (C=O) groups excluding carboxylic acids is 3. The molecule has 2 aromatic rings. The van der Waals surface area contributed by atoms with Crippen LogP contribution in [0.25, 0.3) is 6.08 Å². The van der Waals surface area contributed by atoms with Gasteiger partial charge in [-0.3, -0.25) is 39.5 Å². The molecule has 36 heavy (non-hydrogen) atoms. The van der Waals surface area contributed by atoms with Gasteiger partial charge in [-0.2, -0.15) is 0 Å². The third-order valence-corrected chi connectivity index (χ3v) is 5.51. The van der Waals surface area contributed by atoms with Crippen LogP contribution in [0.15, 0.2) is 41.3 Å². The lowest BCUT2D eigenvalue weighted by Gasteiger charge is -2.14. The smallest absolute Gasteiger partial charge is 0.326 e. The van der Waals surface area contributed by atoms with E-state index in [1.807, 2.05) is 0 Å². The summed E-state index contributed by atoms with van der Waals surface area (Å²) < 4.78 is 16.0. The number of esters is 1. The first-order chi connectivity index (χ1) is 17.0. The normalized spacial score (nSPS) is 14.3. The summed E-state index contributed by atoms with van der Waals surface area (Å²) in [5, 5.41) is 21.8. The molecule has 0 N–H and O–H groups in total. The maximum atomic E-state index is 12.8. The Bertz CT molecular complexity index is 1290. The van der Waals surface area contributed by atoms with Crippen LogP contribution in [0.5, 0.6) is 17.2 Å². The maximum Gasteiger partial charge on any atom is 0.326 e. The Balaban J connectivity index is 1.98. The highest BCUT2D eigenvalue weighted by molar-refractivity contribution is 8.18. The number of ether oxygens (including phenoxy) is 3. The fourth-order valence-electron chi connectivity index (χ4n) is 3.08. The molecule has 0 atom stereocenters. The number of para-hydroxylation sites is 1. The van der Waals surface area contributed by atoms with Crippen molar-refractivity contribution >= 4 is 46.3 Å². The van der Waals surface area contributed by atoms with E-state index in [2.05, 4.69) is 0 Å². The molecule has 1 saturated heterocycles. The number of hydrogen-bond donors (Lipinski definition) is 0. The molecule has 0 aromatic heterocycles. The average Bonchev–Trinajstić information content (AvgIpc) is 3.06. The highest BCUT2D eigenvalue weighted by atomic mass is 32.2. The van der Waals surface area contributed by atoms with Crippen molar-refractivity contribution in [3.05, 3.63) is 67.1 Å². The molecule has 0 radical (unpaired) electrons. The number of benzene rings is 2. The van der Waals surface area contributed by atoms with Crippen molar-refractivity contribution in [3.8, 4) is 17.2 Å². The number of nitro groups is 2. The second-order valence-corrected chi connectivity index (χ2v) is 8.45. The molecule has 1 aliphatic rings. The van der Waals surface area contributed by atoms with Gasteiger partial charge in [0.2, 0.25) is 5.75 Å². The van der Waals surface area contributed by atoms with Gasteiger partial charge in [-0.25, -0.2) is 0 Å². The zero-order valence-corrected chi connectivity index (χ0v) is 20.0. The van der Waals surface area contributed by atoms with Gasteiger partial charge in [-0.05, 0) is 43.8 Å². The van der Waals surface area contributed by atoms with Gasteiger partial charge >= 0.3 is 11.7 Å². The van der Waals surface area contributed by atoms with Gasteiger partial charge in [-0.15, -0.1) is 0 Å². The molecule has 1 heterocycles. The van der Waals surface area contributed by atoms with E-state index in [4.69, 9.17) is 14.2 Å². The van der Waals surface area contributed by atoms with Gasteiger partial charge < -0.3 is 14.2 Å². The zero-order valence-electron chi connectivity index (χ0n) is 19.2. The van der Waals surface area contributed by atoms with Crippen molar-refractivity contribution in [1.82, 2.24) is 4.90 Å². The van der Waals surface area contributed by atoms with Crippen LogP contribution in [0.2, 0.25) is 0 Å². The van der Waals surface area contributed by atoms with Crippen LogP contribution in [0.1, 0.15) is 19.4 Å². The number of hydrogen-bond acceptors (Lipinski definition) is 11. The number of thioether (sulfide) groups is 1.